The Kier molecular flexibility index (Phi) is 4.38. The highest BCUT2D eigenvalue weighted by molar-refractivity contribution is 7.49. The van der Waals surface area contributed by atoms with Crippen LogP contribution in [0.15, 0.2) is 97.3 Å². The van der Waals surface area contributed by atoms with Crippen LogP contribution in [0.2, 0.25) is 0 Å². The van der Waals surface area contributed by atoms with Gasteiger partial charge in [-0.05, 0) is 34.2 Å². The molecule has 140 valence electrons. The molecule has 4 aromatic rings. The Morgan fingerprint density at radius 1 is 0.759 bits per heavy atom. The molecule has 0 amide bonds. The summed E-state index contributed by atoms with van der Waals surface area (Å²) in [4.78, 5) is 2.17. The van der Waals surface area contributed by atoms with Crippen LogP contribution in [-0.4, -0.2) is 7.05 Å². The van der Waals surface area contributed by atoms with Crippen molar-refractivity contribution in [1.29, 1.82) is 0 Å². The van der Waals surface area contributed by atoms with E-state index in [-0.39, 0.29) is 0 Å². The number of hydrogen-bond donors (Lipinski definition) is 0. The van der Waals surface area contributed by atoms with E-state index in [1.807, 2.05) is 66.7 Å². The van der Waals surface area contributed by atoms with Gasteiger partial charge in [-0.15, -0.1) is 0 Å². The highest BCUT2D eigenvalue weighted by atomic mass is 31.1. The third-order valence-corrected chi connectivity index (χ3v) is 6.42. The van der Waals surface area contributed by atoms with Crippen molar-refractivity contribution in [2.45, 2.75) is 0 Å². The number of hydrogen-bond acceptors (Lipinski definition) is 3. The van der Waals surface area contributed by atoms with Crippen LogP contribution in [0.4, 0.5) is 11.4 Å². The van der Waals surface area contributed by atoms with E-state index >= 15 is 0 Å². The van der Waals surface area contributed by atoms with Crippen molar-refractivity contribution in [1.82, 2.24) is 0 Å². The molecule has 5 rings (SSSR count). The minimum absolute atomic E-state index is 0.712. The van der Waals surface area contributed by atoms with Crippen LogP contribution in [0, 0.1) is 0 Å². The van der Waals surface area contributed by atoms with E-state index in [9.17, 15) is 4.57 Å². The molecule has 0 saturated carbocycles. The molecule has 0 fully saturated rings. The first-order valence-corrected chi connectivity index (χ1v) is 10.7. The van der Waals surface area contributed by atoms with Gasteiger partial charge in [0, 0.05) is 40.5 Å². The first-order chi connectivity index (χ1) is 14.2. The zero-order valence-corrected chi connectivity index (χ0v) is 16.8. The van der Waals surface area contributed by atoms with Gasteiger partial charge in [0.2, 0.25) is 5.30 Å². The molecule has 0 aromatic heterocycles. The Morgan fingerprint density at radius 2 is 1.34 bits per heavy atom. The fraction of sp³-hybridized carbons (Fsp3) is 0.0400. The van der Waals surface area contributed by atoms with E-state index in [0.29, 0.717) is 5.30 Å². The Balaban J connectivity index is 1.58. The van der Waals surface area contributed by atoms with Gasteiger partial charge in [0.05, 0.1) is 0 Å². The van der Waals surface area contributed by atoms with Crippen molar-refractivity contribution >= 4 is 41.1 Å². The van der Waals surface area contributed by atoms with E-state index in [4.69, 9.17) is 4.52 Å². The summed E-state index contributed by atoms with van der Waals surface area (Å²) in [5, 5.41) is 2.72. The van der Waals surface area contributed by atoms with E-state index in [1.54, 1.807) is 6.26 Å². The highest BCUT2D eigenvalue weighted by Crippen LogP contribution is 2.44. The van der Waals surface area contributed by atoms with Gasteiger partial charge in [0.1, 0.15) is 0 Å². The standard InChI is InChI=1S/C25H19NO2P/c1-26-23-14-6-4-12-20(23)22(21-13-5-7-15-24(21)26)17-28-29(27)25-16-8-10-18-9-2-3-11-19(18)25/h2-17H,1H3/q+1. The summed E-state index contributed by atoms with van der Waals surface area (Å²) in [6.45, 7) is 0. The maximum Gasteiger partial charge on any atom is 0.597 e. The lowest BCUT2D eigenvalue weighted by atomic mass is 9.91. The van der Waals surface area contributed by atoms with Crippen LogP contribution >= 0.6 is 8.03 Å². The van der Waals surface area contributed by atoms with Crippen molar-refractivity contribution < 1.29 is 9.09 Å². The van der Waals surface area contributed by atoms with E-state index in [2.05, 4.69) is 36.2 Å². The smallest absolute Gasteiger partial charge is 0.344 e. The monoisotopic (exact) mass is 396 g/mol. The molecule has 3 nitrogen and oxygen atoms in total. The van der Waals surface area contributed by atoms with Crippen molar-refractivity contribution in [3.63, 3.8) is 0 Å². The molecule has 0 spiro atoms. The molecule has 1 aliphatic rings. The van der Waals surface area contributed by atoms with Crippen LogP contribution < -0.4 is 10.2 Å². The van der Waals surface area contributed by atoms with Gasteiger partial charge in [-0.3, -0.25) is 4.52 Å². The second-order valence-corrected chi connectivity index (χ2v) is 8.19. The van der Waals surface area contributed by atoms with Crippen LogP contribution in [0.3, 0.4) is 0 Å². The lowest BCUT2D eigenvalue weighted by Crippen LogP contribution is -2.17. The largest absolute Gasteiger partial charge is 0.597 e. The van der Waals surface area contributed by atoms with Crippen molar-refractivity contribution in [2.75, 3.05) is 11.9 Å². The Morgan fingerprint density at radius 3 is 2.07 bits per heavy atom. The summed E-state index contributed by atoms with van der Waals surface area (Å²) in [6.07, 6.45) is 1.66. The van der Waals surface area contributed by atoms with Crippen molar-refractivity contribution in [2.24, 2.45) is 0 Å². The van der Waals surface area contributed by atoms with Crippen LogP contribution in [0.1, 0.15) is 11.1 Å². The molecule has 4 aromatic carbocycles. The maximum absolute atomic E-state index is 13.1. The van der Waals surface area contributed by atoms with E-state index < -0.39 is 8.03 Å². The molecule has 0 N–H and O–H groups in total. The molecular formula is C25H19NO2P+. The molecule has 0 aliphatic carbocycles. The average Bonchev–Trinajstić information content (AvgIpc) is 2.78. The Labute approximate surface area is 170 Å². The zero-order chi connectivity index (χ0) is 19.8. The minimum atomic E-state index is -2.03. The van der Waals surface area contributed by atoms with E-state index in [0.717, 1.165) is 38.8 Å². The molecule has 1 aliphatic heterocycles. The summed E-state index contributed by atoms with van der Waals surface area (Å²) in [5.41, 5.74) is 5.27. The van der Waals surface area contributed by atoms with Gasteiger partial charge in [-0.2, -0.15) is 0 Å². The van der Waals surface area contributed by atoms with Gasteiger partial charge in [-0.1, -0.05) is 66.7 Å². The van der Waals surface area contributed by atoms with Crippen molar-refractivity contribution in [3.05, 3.63) is 108 Å². The molecular weight excluding hydrogens is 377 g/mol. The van der Waals surface area contributed by atoms with Crippen molar-refractivity contribution in [3.8, 4) is 0 Å². The SMILES string of the molecule is CN1c2ccccc2C(=CO[P+](=O)c2cccc3ccccc23)c2ccccc21. The quantitative estimate of drug-likeness (QED) is 0.297. The fourth-order valence-electron chi connectivity index (χ4n) is 3.91. The zero-order valence-electron chi connectivity index (χ0n) is 15.9. The second-order valence-electron chi connectivity index (χ2n) is 6.99. The molecule has 1 unspecified atom stereocenters. The summed E-state index contributed by atoms with van der Waals surface area (Å²) in [6, 6.07) is 30.1. The minimum Gasteiger partial charge on any atom is -0.344 e. The van der Waals surface area contributed by atoms with Gasteiger partial charge in [-0.25, -0.2) is 0 Å². The van der Waals surface area contributed by atoms with Gasteiger partial charge in [0.25, 0.3) is 0 Å². The number of anilines is 2. The summed E-state index contributed by atoms with van der Waals surface area (Å²) in [5.74, 6) is 0. The summed E-state index contributed by atoms with van der Waals surface area (Å²) in [7, 11) is 0.0315. The molecule has 0 bridgehead atoms. The van der Waals surface area contributed by atoms with Gasteiger partial charge < -0.3 is 4.90 Å². The lowest BCUT2D eigenvalue weighted by Gasteiger charge is -2.31. The third-order valence-electron chi connectivity index (χ3n) is 5.34. The number of fused-ring (bicyclic) bond motifs is 3. The molecule has 1 heterocycles. The molecule has 0 saturated heterocycles. The first-order valence-electron chi connectivity index (χ1n) is 9.48. The predicted octanol–water partition coefficient (Wildman–Crippen LogP) is 6.39. The summed E-state index contributed by atoms with van der Waals surface area (Å²) >= 11 is 0. The van der Waals surface area contributed by atoms with Crippen LogP contribution in [-0.2, 0) is 9.09 Å². The van der Waals surface area contributed by atoms with Gasteiger partial charge in [0.15, 0.2) is 6.26 Å². The van der Waals surface area contributed by atoms with Gasteiger partial charge >= 0.3 is 8.03 Å². The number of para-hydroxylation sites is 2. The normalized spacial score (nSPS) is 12.9. The first kappa shape index (κ1) is 17.7. The lowest BCUT2D eigenvalue weighted by molar-refractivity contribution is 0.474. The molecule has 1 atom stereocenters. The highest BCUT2D eigenvalue weighted by Gasteiger charge is 2.28. The average molecular weight is 396 g/mol. The second kappa shape index (κ2) is 7.20. The molecule has 29 heavy (non-hydrogen) atoms. The van der Waals surface area contributed by atoms with Crippen LogP contribution in [0.25, 0.3) is 16.3 Å². The number of benzene rings is 4. The summed E-state index contributed by atoms with van der Waals surface area (Å²) < 4.78 is 18.9. The molecule has 4 heteroatoms. The van der Waals surface area contributed by atoms with Crippen LogP contribution in [0.5, 0.6) is 0 Å². The Hall–Kier alpha value is -3.42. The Bertz CT molecular complexity index is 1220. The predicted molar refractivity (Wildman–Crippen MR) is 120 cm³/mol. The molecule has 0 radical (unpaired) electrons. The van der Waals surface area contributed by atoms with E-state index in [1.165, 1.54) is 0 Å². The number of rotatable bonds is 3. The topological polar surface area (TPSA) is 29.5 Å². The number of nitrogens with zero attached hydrogens (tertiary/aromatic N) is 1. The third kappa shape index (κ3) is 3.00. The fourth-order valence-corrected chi connectivity index (χ4v) is 4.84. The maximum atomic E-state index is 13.1.